The molecule has 0 amide bonds. The summed E-state index contributed by atoms with van der Waals surface area (Å²) in [6.07, 6.45) is 3.95. The molecule has 116 valence electrons. The molecule has 0 aromatic carbocycles. The summed E-state index contributed by atoms with van der Waals surface area (Å²) < 4.78 is 11.1. The lowest BCUT2D eigenvalue weighted by Crippen LogP contribution is -2.53. The minimum absolute atomic E-state index is 0.633. The molecular weight excluding hydrogens is 272 g/mol. The highest BCUT2D eigenvalue weighted by atomic mass is 32.2. The molecule has 0 aliphatic carbocycles. The fraction of sp³-hybridized carbons (Fsp3) is 1.00. The zero-order chi connectivity index (χ0) is 13.6. The van der Waals surface area contributed by atoms with Gasteiger partial charge in [0.15, 0.2) is 0 Å². The first-order valence-electron chi connectivity index (χ1n) is 8.14. The van der Waals surface area contributed by atoms with Gasteiger partial charge < -0.3 is 14.8 Å². The predicted molar refractivity (Wildman–Crippen MR) is 83.5 cm³/mol. The lowest BCUT2D eigenvalue weighted by atomic mass is 9.96. The van der Waals surface area contributed by atoms with Gasteiger partial charge in [-0.05, 0) is 25.0 Å². The van der Waals surface area contributed by atoms with Crippen molar-refractivity contribution < 1.29 is 9.47 Å². The quantitative estimate of drug-likeness (QED) is 0.825. The van der Waals surface area contributed by atoms with Gasteiger partial charge in [0.2, 0.25) is 0 Å². The molecule has 20 heavy (non-hydrogen) atoms. The van der Waals surface area contributed by atoms with Gasteiger partial charge in [0, 0.05) is 50.0 Å². The third-order valence-corrected chi connectivity index (χ3v) is 6.02. The Hall–Kier alpha value is 0.190. The summed E-state index contributed by atoms with van der Waals surface area (Å²) in [6.45, 7) is 6.98. The topological polar surface area (TPSA) is 33.7 Å². The molecule has 3 fully saturated rings. The fourth-order valence-electron chi connectivity index (χ4n) is 3.55. The first kappa shape index (κ1) is 15.1. The number of ether oxygens (including phenoxy) is 2. The van der Waals surface area contributed by atoms with Crippen molar-refractivity contribution in [1.29, 1.82) is 0 Å². The van der Waals surface area contributed by atoms with E-state index in [1.54, 1.807) is 0 Å². The Bertz CT molecular complexity index is 275. The molecule has 5 heteroatoms. The minimum Gasteiger partial charge on any atom is -0.381 e. The molecule has 0 aromatic rings. The van der Waals surface area contributed by atoms with Crippen LogP contribution in [0.2, 0.25) is 0 Å². The highest BCUT2D eigenvalue weighted by molar-refractivity contribution is 7.99. The molecule has 4 nitrogen and oxygen atoms in total. The Morgan fingerprint density at radius 1 is 1.15 bits per heavy atom. The number of nitrogens with zero attached hydrogens (tertiary/aromatic N) is 1. The van der Waals surface area contributed by atoms with Crippen molar-refractivity contribution in [1.82, 2.24) is 10.2 Å². The molecular formula is C15H28N2O2S. The second-order valence-electron chi connectivity index (χ2n) is 6.16. The van der Waals surface area contributed by atoms with Gasteiger partial charge >= 0.3 is 0 Å². The van der Waals surface area contributed by atoms with Crippen molar-refractivity contribution in [3.63, 3.8) is 0 Å². The maximum atomic E-state index is 5.63. The molecule has 3 atom stereocenters. The zero-order valence-corrected chi connectivity index (χ0v) is 13.2. The fourth-order valence-corrected chi connectivity index (χ4v) is 4.65. The number of nitrogens with one attached hydrogen (secondary N) is 1. The Kier molecular flexibility index (Phi) is 6.03. The molecule has 0 unspecified atom stereocenters. The zero-order valence-electron chi connectivity index (χ0n) is 12.4. The SMILES string of the molecule is C1CSC[C@H](NC[C@@H]([C@H]2CCOC2)N2CCOCC2)C1. The van der Waals surface area contributed by atoms with Crippen LogP contribution in [0, 0.1) is 5.92 Å². The van der Waals surface area contributed by atoms with Crippen molar-refractivity contribution in [3.8, 4) is 0 Å². The van der Waals surface area contributed by atoms with Gasteiger partial charge in [0.1, 0.15) is 0 Å². The summed E-state index contributed by atoms with van der Waals surface area (Å²) in [5, 5.41) is 3.84. The van der Waals surface area contributed by atoms with Crippen LogP contribution in [0.25, 0.3) is 0 Å². The first-order valence-corrected chi connectivity index (χ1v) is 9.29. The Labute approximate surface area is 126 Å². The summed E-state index contributed by atoms with van der Waals surface area (Å²) in [7, 11) is 0. The highest BCUT2D eigenvalue weighted by Crippen LogP contribution is 2.23. The van der Waals surface area contributed by atoms with Crippen LogP contribution in [0.5, 0.6) is 0 Å². The third kappa shape index (κ3) is 4.10. The maximum Gasteiger partial charge on any atom is 0.0594 e. The standard InChI is InChI=1S/C15H28N2O2S/c1-2-14(12-20-9-1)16-10-15(13-3-6-19-11-13)17-4-7-18-8-5-17/h13-16H,1-12H2/t13-,14+,15-/m0/s1. The summed E-state index contributed by atoms with van der Waals surface area (Å²) in [5.41, 5.74) is 0. The normalized spacial score (nSPS) is 34.2. The van der Waals surface area contributed by atoms with E-state index in [0.29, 0.717) is 12.0 Å². The van der Waals surface area contributed by atoms with Crippen molar-refractivity contribution >= 4 is 11.8 Å². The van der Waals surface area contributed by atoms with Crippen LogP contribution in [-0.2, 0) is 9.47 Å². The summed E-state index contributed by atoms with van der Waals surface area (Å²) >= 11 is 2.10. The number of hydrogen-bond acceptors (Lipinski definition) is 5. The van der Waals surface area contributed by atoms with Crippen molar-refractivity contribution in [2.75, 3.05) is 57.6 Å². The van der Waals surface area contributed by atoms with E-state index in [-0.39, 0.29) is 0 Å². The van der Waals surface area contributed by atoms with E-state index < -0.39 is 0 Å². The lowest BCUT2D eigenvalue weighted by molar-refractivity contribution is 0.000894. The smallest absolute Gasteiger partial charge is 0.0594 e. The number of rotatable bonds is 5. The van der Waals surface area contributed by atoms with Crippen molar-refractivity contribution in [2.45, 2.75) is 31.3 Å². The first-order chi connectivity index (χ1) is 9.93. The maximum absolute atomic E-state index is 5.63. The molecule has 3 heterocycles. The van der Waals surface area contributed by atoms with Crippen LogP contribution < -0.4 is 5.32 Å². The Morgan fingerprint density at radius 2 is 2.05 bits per heavy atom. The minimum atomic E-state index is 0.633. The van der Waals surface area contributed by atoms with E-state index >= 15 is 0 Å². The molecule has 3 rings (SSSR count). The second-order valence-corrected chi connectivity index (χ2v) is 7.31. The average Bonchev–Trinajstić information content (AvgIpc) is 3.04. The highest BCUT2D eigenvalue weighted by Gasteiger charge is 2.31. The van der Waals surface area contributed by atoms with E-state index in [4.69, 9.17) is 9.47 Å². The monoisotopic (exact) mass is 300 g/mol. The Balaban J connectivity index is 1.53. The molecule has 0 saturated carbocycles. The molecule has 0 radical (unpaired) electrons. The van der Waals surface area contributed by atoms with E-state index in [9.17, 15) is 0 Å². The predicted octanol–water partition coefficient (Wildman–Crippen LogP) is 1.21. The van der Waals surface area contributed by atoms with E-state index in [1.807, 2.05) is 0 Å². The van der Waals surface area contributed by atoms with Crippen molar-refractivity contribution in [3.05, 3.63) is 0 Å². The van der Waals surface area contributed by atoms with Gasteiger partial charge in [0.05, 0.1) is 19.8 Å². The molecule has 3 aliphatic rings. The van der Waals surface area contributed by atoms with Gasteiger partial charge in [-0.2, -0.15) is 11.8 Å². The summed E-state index contributed by atoms with van der Waals surface area (Å²) in [5.74, 6) is 3.34. The van der Waals surface area contributed by atoms with Crippen LogP contribution in [0.1, 0.15) is 19.3 Å². The van der Waals surface area contributed by atoms with Gasteiger partial charge in [-0.3, -0.25) is 4.90 Å². The molecule has 3 saturated heterocycles. The van der Waals surface area contributed by atoms with E-state index in [1.165, 1.54) is 30.8 Å². The summed E-state index contributed by atoms with van der Waals surface area (Å²) in [4.78, 5) is 2.63. The molecule has 0 spiro atoms. The van der Waals surface area contributed by atoms with Gasteiger partial charge in [-0.15, -0.1) is 0 Å². The van der Waals surface area contributed by atoms with Crippen LogP contribution >= 0.6 is 11.8 Å². The average molecular weight is 300 g/mol. The number of morpholine rings is 1. The second kappa shape index (κ2) is 7.99. The van der Waals surface area contributed by atoms with Crippen LogP contribution in [-0.4, -0.2) is 74.6 Å². The molecule has 3 aliphatic heterocycles. The summed E-state index contributed by atoms with van der Waals surface area (Å²) in [6, 6.07) is 1.35. The third-order valence-electron chi connectivity index (χ3n) is 4.80. The van der Waals surface area contributed by atoms with Gasteiger partial charge in [0.25, 0.3) is 0 Å². The number of thioether (sulfide) groups is 1. The lowest BCUT2D eigenvalue weighted by Gasteiger charge is -2.38. The molecule has 0 aromatic heterocycles. The largest absolute Gasteiger partial charge is 0.381 e. The van der Waals surface area contributed by atoms with Crippen LogP contribution in [0.15, 0.2) is 0 Å². The Morgan fingerprint density at radius 3 is 2.75 bits per heavy atom. The molecule has 1 N–H and O–H groups in total. The van der Waals surface area contributed by atoms with Crippen LogP contribution in [0.3, 0.4) is 0 Å². The van der Waals surface area contributed by atoms with Gasteiger partial charge in [-0.25, -0.2) is 0 Å². The number of hydrogen-bond donors (Lipinski definition) is 1. The van der Waals surface area contributed by atoms with Crippen LogP contribution in [0.4, 0.5) is 0 Å². The molecule has 0 bridgehead atoms. The van der Waals surface area contributed by atoms with E-state index in [0.717, 1.165) is 52.1 Å². The van der Waals surface area contributed by atoms with E-state index in [2.05, 4.69) is 22.0 Å². The van der Waals surface area contributed by atoms with Crippen molar-refractivity contribution in [2.24, 2.45) is 5.92 Å². The van der Waals surface area contributed by atoms with Gasteiger partial charge in [-0.1, -0.05) is 0 Å².